The highest BCUT2D eigenvalue weighted by molar-refractivity contribution is 6.31. The van der Waals surface area contributed by atoms with Crippen LogP contribution in [-0.4, -0.2) is 34.3 Å². The Morgan fingerprint density at radius 3 is 2.62 bits per heavy atom. The fraction of sp³-hybridized carbons (Fsp3) is 0.571. The first-order valence-electron chi connectivity index (χ1n) is 7.06. The molecule has 0 amide bonds. The van der Waals surface area contributed by atoms with Crippen LogP contribution >= 0.6 is 11.6 Å². The molecule has 2 rings (SSSR count). The summed E-state index contributed by atoms with van der Waals surface area (Å²) in [6.45, 7) is 8.45. The Kier molecular flexibility index (Phi) is 5.03. The van der Waals surface area contributed by atoms with Crippen molar-refractivity contribution >= 4 is 28.5 Å². The molecule has 2 aromatic rings. The second kappa shape index (κ2) is 6.60. The zero-order chi connectivity index (χ0) is 15.6. The van der Waals surface area contributed by atoms with Crippen LogP contribution in [0.2, 0.25) is 5.15 Å². The SMILES string of the molecule is Cc1c(Cl)nc(N)c2nc(C(C)C)n(CCOCCN)c12. The molecule has 21 heavy (non-hydrogen) atoms. The number of nitrogen functional groups attached to an aromatic ring is 1. The molecule has 0 aliphatic rings. The lowest BCUT2D eigenvalue weighted by Crippen LogP contribution is -2.14. The molecule has 0 radical (unpaired) electrons. The van der Waals surface area contributed by atoms with Gasteiger partial charge in [-0.1, -0.05) is 25.4 Å². The molecule has 2 aromatic heterocycles. The van der Waals surface area contributed by atoms with Crippen LogP contribution in [0.15, 0.2) is 0 Å². The van der Waals surface area contributed by atoms with Gasteiger partial charge in [-0.25, -0.2) is 9.97 Å². The van der Waals surface area contributed by atoms with Gasteiger partial charge in [0.2, 0.25) is 0 Å². The molecule has 0 aliphatic carbocycles. The van der Waals surface area contributed by atoms with E-state index in [1.807, 2.05) is 6.92 Å². The molecular weight excluding hydrogens is 290 g/mol. The van der Waals surface area contributed by atoms with Crippen LogP contribution in [0.4, 0.5) is 5.82 Å². The van der Waals surface area contributed by atoms with Gasteiger partial charge in [-0.3, -0.25) is 0 Å². The van der Waals surface area contributed by atoms with E-state index in [0.29, 0.717) is 42.8 Å². The second-order valence-corrected chi connectivity index (χ2v) is 5.65. The van der Waals surface area contributed by atoms with E-state index in [1.54, 1.807) is 0 Å². The van der Waals surface area contributed by atoms with Gasteiger partial charge in [0.05, 0.1) is 18.7 Å². The highest BCUT2D eigenvalue weighted by Gasteiger charge is 2.19. The zero-order valence-corrected chi connectivity index (χ0v) is 13.4. The topological polar surface area (TPSA) is 92.0 Å². The summed E-state index contributed by atoms with van der Waals surface area (Å²) in [5, 5.41) is 0.416. The quantitative estimate of drug-likeness (QED) is 0.629. The summed E-state index contributed by atoms with van der Waals surface area (Å²) in [5.41, 5.74) is 13.9. The summed E-state index contributed by atoms with van der Waals surface area (Å²) in [7, 11) is 0. The van der Waals surface area contributed by atoms with Crippen molar-refractivity contribution in [2.45, 2.75) is 33.2 Å². The highest BCUT2D eigenvalue weighted by atomic mass is 35.5. The minimum atomic E-state index is 0.268. The number of aromatic nitrogens is 3. The fourth-order valence-electron chi connectivity index (χ4n) is 2.38. The first kappa shape index (κ1) is 16.0. The van der Waals surface area contributed by atoms with Crippen LogP contribution in [0.5, 0.6) is 0 Å². The molecule has 0 spiro atoms. The molecule has 0 bridgehead atoms. The minimum absolute atomic E-state index is 0.268. The Morgan fingerprint density at radius 1 is 1.29 bits per heavy atom. The van der Waals surface area contributed by atoms with Crippen LogP contribution in [-0.2, 0) is 11.3 Å². The van der Waals surface area contributed by atoms with Crippen molar-refractivity contribution in [3.63, 3.8) is 0 Å². The molecule has 6 nitrogen and oxygen atoms in total. The van der Waals surface area contributed by atoms with Crippen molar-refractivity contribution in [3.8, 4) is 0 Å². The molecular formula is C14H22ClN5O. The van der Waals surface area contributed by atoms with E-state index in [-0.39, 0.29) is 5.92 Å². The average Bonchev–Trinajstić information content (AvgIpc) is 2.81. The van der Waals surface area contributed by atoms with E-state index in [9.17, 15) is 0 Å². The smallest absolute Gasteiger partial charge is 0.153 e. The molecule has 0 saturated heterocycles. The Bertz CT molecular complexity index is 638. The second-order valence-electron chi connectivity index (χ2n) is 5.29. The summed E-state index contributed by atoms with van der Waals surface area (Å²) in [6, 6.07) is 0. The van der Waals surface area contributed by atoms with Crippen molar-refractivity contribution in [2.75, 3.05) is 25.5 Å². The zero-order valence-electron chi connectivity index (χ0n) is 12.7. The third-order valence-electron chi connectivity index (χ3n) is 3.36. The maximum atomic E-state index is 6.16. The monoisotopic (exact) mass is 311 g/mol. The Balaban J connectivity index is 2.51. The fourth-order valence-corrected chi connectivity index (χ4v) is 2.56. The maximum absolute atomic E-state index is 6.16. The number of nitrogens with two attached hydrogens (primary N) is 2. The molecule has 116 valence electrons. The van der Waals surface area contributed by atoms with Crippen LogP contribution in [0.3, 0.4) is 0 Å². The molecule has 7 heteroatoms. The van der Waals surface area contributed by atoms with Crippen LogP contribution < -0.4 is 11.5 Å². The molecule has 0 saturated carbocycles. The number of imidazole rings is 1. The Morgan fingerprint density at radius 2 is 2.00 bits per heavy atom. The number of anilines is 1. The first-order valence-corrected chi connectivity index (χ1v) is 7.44. The van der Waals surface area contributed by atoms with Gasteiger partial charge in [0, 0.05) is 24.6 Å². The van der Waals surface area contributed by atoms with E-state index in [0.717, 1.165) is 16.9 Å². The summed E-state index contributed by atoms with van der Waals surface area (Å²) in [6.07, 6.45) is 0. The number of halogens is 1. The molecule has 0 fully saturated rings. The number of fused-ring (bicyclic) bond motifs is 1. The van der Waals surface area contributed by atoms with E-state index < -0.39 is 0 Å². The van der Waals surface area contributed by atoms with E-state index in [2.05, 4.69) is 28.4 Å². The molecule has 0 aromatic carbocycles. The van der Waals surface area contributed by atoms with E-state index in [4.69, 9.17) is 27.8 Å². The summed E-state index contributed by atoms with van der Waals surface area (Å²) < 4.78 is 7.61. The van der Waals surface area contributed by atoms with Crippen molar-refractivity contribution in [2.24, 2.45) is 5.73 Å². The minimum Gasteiger partial charge on any atom is -0.382 e. The Labute approximate surface area is 129 Å². The lowest BCUT2D eigenvalue weighted by Gasteiger charge is -2.13. The molecule has 0 aliphatic heterocycles. The predicted molar refractivity (Wildman–Crippen MR) is 85.6 cm³/mol. The van der Waals surface area contributed by atoms with Crippen molar-refractivity contribution in [3.05, 3.63) is 16.5 Å². The number of hydrogen-bond donors (Lipinski definition) is 2. The van der Waals surface area contributed by atoms with Gasteiger partial charge in [0.25, 0.3) is 0 Å². The first-order chi connectivity index (χ1) is 9.97. The van der Waals surface area contributed by atoms with Gasteiger partial charge in [0.1, 0.15) is 16.5 Å². The summed E-state index contributed by atoms with van der Waals surface area (Å²) >= 11 is 6.16. The number of hydrogen-bond acceptors (Lipinski definition) is 5. The van der Waals surface area contributed by atoms with E-state index >= 15 is 0 Å². The van der Waals surface area contributed by atoms with Gasteiger partial charge in [0.15, 0.2) is 5.82 Å². The third-order valence-corrected chi connectivity index (χ3v) is 3.73. The van der Waals surface area contributed by atoms with E-state index in [1.165, 1.54) is 0 Å². The number of aryl methyl sites for hydroxylation is 1. The van der Waals surface area contributed by atoms with Gasteiger partial charge in [-0.05, 0) is 6.92 Å². The lowest BCUT2D eigenvalue weighted by atomic mass is 10.2. The lowest BCUT2D eigenvalue weighted by molar-refractivity contribution is 0.133. The normalized spacial score (nSPS) is 11.7. The van der Waals surface area contributed by atoms with Crippen LogP contribution in [0, 0.1) is 6.92 Å². The van der Waals surface area contributed by atoms with Gasteiger partial charge >= 0.3 is 0 Å². The largest absolute Gasteiger partial charge is 0.382 e. The standard InChI is InChI=1S/C14H22ClN5O/c1-8(2)14-18-10-11(9(3)12(15)19-13(10)17)20(14)5-7-21-6-4-16/h8H,4-7,16H2,1-3H3,(H2,17,19). The van der Waals surface area contributed by atoms with Crippen molar-refractivity contribution < 1.29 is 4.74 Å². The highest BCUT2D eigenvalue weighted by Crippen LogP contribution is 2.30. The summed E-state index contributed by atoms with van der Waals surface area (Å²) in [4.78, 5) is 8.79. The average molecular weight is 312 g/mol. The summed E-state index contributed by atoms with van der Waals surface area (Å²) in [5.74, 6) is 1.59. The van der Waals surface area contributed by atoms with Gasteiger partial charge < -0.3 is 20.8 Å². The molecule has 4 N–H and O–H groups in total. The van der Waals surface area contributed by atoms with Crippen molar-refractivity contribution in [1.82, 2.24) is 14.5 Å². The van der Waals surface area contributed by atoms with Crippen LogP contribution in [0.1, 0.15) is 31.2 Å². The number of pyridine rings is 1. The molecule has 2 heterocycles. The number of rotatable bonds is 6. The van der Waals surface area contributed by atoms with Gasteiger partial charge in [-0.15, -0.1) is 0 Å². The van der Waals surface area contributed by atoms with Gasteiger partial charge in [-0.2, -0.15) is 0 Å². The number of nitrogens with zero attached hydrogens (tertiary/aromatic N) is 3. The van der Waals surface area contributed by atoms with Crippen molar-refractivity contribution in [1.29, 1.82) is 0 Å². The third kappa shape index (κ3) is 3.12. The molecule has 0 unspecified atom stereocenters. The predicted octanol–water partition coefficient (Wildman–Crippen LogP) is 2.07. The Hall–Kier alpha value is -1.37. The van der Waals surface area contributed by atoms with Crippen LogP contribution in [0.25, 0.3) is 11.0 Å². The molecule has 0 atom stereocenters. The number of ether oxygens (including phenoxy) is 1. The maximum Gasteiger partial charge on any atom is 0.153 e.